The average molecular weight is 256 g/mol. The van der Waals surface area contributed by atoms with Crippen molar-refractivity contribution in [2.45, 2.75) is 6.61 Å². The molecule has 0 unspecified atom stereocenters. The lowest BCUT2D eigenvalue weighted by Gasteiger charge is -2.04. The number of aliphatic hydroxyl groups excluding tert-OH is 1. The Morgan fingerprint density at radius 2 is 2.21 bits per heavy atom. The zero-order valence-corrected chi connectivity index (χ0v) is 8.58. The number of hydrogen-bond donors (Lipinski definition) is 2. The number of hydrogen-bond acceptors (Lipinski definition) is 3. The first kappa shape index (κ1) is 10.7. The van der Waals surface area contributed by atoms with Crippen molar-refractivity contribution in [2.75, 3.05) is 0 Å². The maximum absolute atomic E-state index is 10.7. The Morgan fingerprint density at radius 3 is 2.64 bits per heavy atom. The van der Waals surface area contributed by atoms with E-state index in [0.29, 0.717) is 10.0 Å². The van der Waals surface area contributed by atoms with Crippen LogP contribution in [0.2, 0.25) is 0 Å². The molecule has 1 aromatic rings. The number of aliphatic hydroxyl groups is 1. The summed E-state index contributed by atoms with van der Waals surface area (Å²) in [6.45, 7) is -0.290. The van der Waals surface area contributed by atoms with E-state index in [9.17, 15) is 4.79 Å². The monoisotopic (exact) mass is 255 g/mol. The van der Waals surface area contributed by atoms with Crippen LogP contribution in [-0.4, -0.2) is 16.2 Å². The Labute approximate surface area is 88.5 Å². The Balaban J connectivity index is 3.40. The maximum Gasteiger partial charge on any atom is 0.336 e. The fourth-order valence-electron chi connectivity index (χ4n) is 1.01. The number of halogens is 1. The summed E-state index contributed by atoms with van der Waals surface area (Å²) in [6, 6.07) is 4.49. The van der Waals surface area contributed by atoms with Crippen molar-refractivity contribution in [3.63, 3.8) is 0 Å². The van der Waals surface area contributed by atoms with E-state index < -0.39 is 5.97 Å². The number of carboxylic acid groups (broad SMARTS) is 1. The van der Waals surface area contributed by atoms with Crippen LogP contribution in [0, 0.1) is 11.3 Å². The summed E-state index contributed by atoms with van der Waals surface area (Å²) in [7, 11) is 0. The van der Waals surface area contributed by atoms with Gasteiger partial charge in [-0.25, -0.2) is 4.79 Å². The van der Waals surface area contributed by atoms with Crippen molar-refractivity contribution in [3.05, 3.63) is 33.3 Å². The fraction of sp³-hybridized carbons (Fsp3) is 0.111. The number of nitrogens with zero attached hydrogens (tertiary/aromatic N) is 1. The predicted octanol–water partition coefficient (Wildman–Crippen LogP) is 1.51. The van der Waals surface area contributed by atoms with Crippen molar-refractivity contribution in [3.8, 4) is 6.07 Å². The highest BCUT2D eigenvalue weighted by atomic mass is 79.9. The Hall–Kier alpha value is -1.38. The lowest BCUT2D eigenvalue weighted by Crippen LogP contribution is -2.01. The molecule has 0 aromatic heterocycles. The molecule has 5 heteroatoms. The number of carboxylic acids is 1. The molecule has 72 valence electrons. The molecule has 0 amide bonds. The lowest BCUT2D eigenvalue weighted by atomic mass is 10.1. The largest absolute Gasteiger partial charge is 0.478 e. The topological polar surface area (TPSA) is 81.3 Å². The second-order valence-electron chi connectivity index (χ2n) is 2.56. The van der Waals surface area contributed by atoms with Crippen LogP contribution in [0.5, 0.6) is 0 Å². The van der Waals surface area contributed by atoms with Crippen molar-refractivity contribution >= 4 is 21.9 Å². The van der Waals surface area contributed by atoms with Gasteiger partial charge in [-0.05, 0) is 33.6 Å². The van der Waals surface area contributed by atoms with Gasteiger partial charge < -0.3 is 10.2 Å². The summed E-state index contributed by atoms with van der Waals surface area (Å²) < 4.78 is 0.355. The van der Waals surface area contributed by atoms with Crippen LogP contribution in [0.15, 0.2) is 16.6 Å². The van der Waals surface area contributed by atoms with Gasteiger partial charge >= 0.3 is 5.97 Å². The molecule has 0 aliphatic heterocycles. The Kier molecular flexibility index (Phi) is 3.23. The highest BCUT2D eigenvalue weighted by molar-refractivity contribution is 9.10. The summed E-state index contributed by atoms with van der Waals surface area (Å²) in [4.78, 5) is 10.7. The van der Waals surface area contributed by atoms with E-state index in [1.807, 2.05) is 6.07 Å². The second-order valence-corrected chi connectivity index (χ2v) is 3.42. The molecule has 0 bridgehead atoms. The molecule has 0 aliphatic rings. The van der Waals surface area contributed by atoms with Gasteiger partial charge in [0.1, 0.15) is 0 Å². The third kappa shape index (κ3) is 1.92. The highest BCUT2D eigenvalue weighted by Gasteiger charge is 2.12. The van der Waals surface area contributed by atoms with Gasteiger partial charge in [0.15, 0.2) is 0 Å². The van der Waals surface area contributed by atoms with E-state index in [2.05, 4.69) is 15.9 Å². The number of nitriles is 1. The van der Waals surface area contributed by atoms with Crippen LogP contribution in [0.3, 0.4) is 0 Å². The molecule has 14 heavy (non-hydrogen) atoms. The molecule has 0 radical (unpaired) electrons. The minimum Gasteiger partial charge on any atom is -0.478 e. The normalized spacial score (nSPS) is 9.50. The van der Waals surface area contributed by atoms with Gasteiger partial charge in [0, 0.05) is 4.47 Å². The molecule has 4 nitrogen and oxygen atoms in total. The van der Waals surface area contributed by atoms with E-state index in [1.165, 1.54) is 12.1 Å². The molecular formula is C9H6BrNO3. The Morgan fingerprint density at radius 1 is 1.57 bits per heavy atom. The van der Waals surface area contributed by atoms with Crippen molar-refractivity contribution < 1.29 is 15.0 Å². The van der Waals surface area contributed by atoms with Gasteiger partial charge in [-0.15, -0.1) is 0 Å². The molecule has 0 spiro atoms. The van der Waals surface area contributed by atoms with Gasteiger partial charge in [-0.2, -0.15) is 5.26 Å². The number of carbonyl (C=O) groups is 1. The molecule has 0 fully saturated rings. The summed E-state index contributed by atoms with van der Waals surface area (Å²) >= 11 is 3.05. The zero-order chi connectivity index (χ0) is 10.7. The standard InChI is InChI=1S/C9H6BrNO3/c10-8-2-6(4-12)5(3-11)1-7(8)9(13)14/h1-2,12H,4H2,(H,13,14). The first-order valence-corrected chi connectivity index (χ1v) is 4.46. The SMILES string of the molecule is N#Cc1cc(C(=O)O)c(Br)cc1CO. The number of aromatic carboxylic acids is 1. The van der Waals surface area contributed by atoms with Crippen LogP contribution in [0.25, 0.3) is 0 Å². The molecule has 0 heterocycles. The number of rotatable bonds is 2. The van der Waals surface area contributed by atoms with Gasteiger partial charge in [-0.1, -0.05) is 0 Å². The van der Waals surface area contributed by atoms with E-state index in [4.69, 9.17) is 15.5 Å². The van der Waals surface area contributed by atoms with Gasteiger partial charge in [0.25, 0.3) is 0 Å². The summed E-state index contributed by atoms with van der Waals surface area (Å²) in [5, 5.41) is 26.3. The van der Waals surface area contributed by atoms with Crippen LogP contribution in [0.4, 0.5) is 0 Å². The van der Waals surface area contributed by atoms with Crippen molar-refractivity contribution in [1.82, 2.24) is 0 Å². The minimum atomic E-state index is -1.11. The fourth-order valence-corrected chi connectivity index (χ4v) is 1.57. The third-order valence-electron chi connectivity index (χ3n) is 1.71. The molecule has 0 saturated heterocycles. The quantitative estimate of drug-likeness (QED) is 0.840. The van der Waals surface area contributed by atoms with Crippen LogP contribution < -0.4 is 0 Å². The Bertz CT molecular complexity index is 423. The number of benzene rings is 1. The molecule has 1 aromatic carbocycles. The van der Waals surface area contributed by atoms with E-state index in [-0.39, 0.29) is 17.7 Å². The summed E-state index contributed by atoms with van der Waals surface area (Å²) in [5.41, 5.74) is 0.594. The first-order chi connectivity index (χ1) is 6.60. The smallest absolute Gasteiger partial charge is 0.336 e. The second kappa shape index (κ2) is 4.22. The van der Waals surface area contributed by atoms with Crippen LogP contribution in [-0.2, 0) is 6.61 Å². The molecular weight excluding hydrogens is 250 g/mol. The van der Waals surface area contributed by atoms with Gasteiger partial charge in [-0.3, -0.25) is 0 Å². The van der Waals surface area contributed by atoms with E-state index >= 15 is 0 Å². The van der Waals surface area contributed by atoms with Crippen molar-refractivity contribution in [1.29, 1.82) is 5.26 Å². The summed E-state index contributed by atoms with van der Waals surface area (Å²) in [5.74, 6) is -1.11. The maximum atomic E-state index is 10.7. The molecule has 2 N–H and O–H groups in total. The highest BCUT2D eigenvalue weighted by Crippen LogP contribution is 2.22. The van der Waals surface area contributed by atoms with E-state index in [1.54, 1.807) is 0 Å². The van der Waals surface area contributed by atoms with Crippen molar-refractivity contribution in [2.24, 2.45) is 0 Å². The minimum absolute atomic E-state index is 0.0127. The predicted molar refractivity (Wildman–Crippen MR) is 51.7 cm³/mol. The molecule has 0 aliphatic carbocycles. The van der Waals surface area contributed by atoms with E-state index in [0.717, 1.165) is 0 Å². The molecule has 0 atom stereocenters. The molecule has 0 saturated carbocycles. The molecule has 1 rings (SSSR count). The average Bonchev–Trinajstić information content (AvgIpc) is 2.16. The first-order valence-electron chi connectivity index (χ1n) is 3.66. The third-order valence-corrected chi connectivity index (χ3v) is 2.37. The van der Waals surface area contributed by atoms with Gasteiger partial charge in [0.2, 0.25) is 0 Å². The van der Waals surface area contributed by atoms with Gasteiger partial charge in [0.05, 0.1) is 23.8 Å². The lowest BCUT2D eigenvalue weighted by molar-refractivity contribution is 0.0695. The zero-order valence-electron chi connectivity index (χ0n) is 6.99. The van der Waals surface area contributed by atoms with Crippen LogP contribution in [0.1, 0.15) is 21.5 Å². The summed E-state index contributed by atoms with van der Waals surface area (Å²) in [6.07, 6.45) is 0. The van der Waals surface area contributed by atoms with Crippen LogP contribution >= 0.6 is 15.9 Å².